The first kappa shape index (κ1) is 20.4. The Balaban J connectivity index is 2.34. The SMILES string of the molecule is CC(C)CC(=C/C(O[Si](C)(C)C)c1ccccc1)/C=C/c1ccccc1. The van der Waals surface area contributed by atoms with Gasteiger partial charge in [-0.05, 0) is 54.8 Å². The van der Waals surface area contributed by atoms with E-state index in [1.54, 1.807) is 0 Å². The molecule has 0 bridgehead atoms. The fourth-order valence-corrected chi connectivity index (χ4v) is 3.81. The zero-order valence-electron chi connectivity index (χ0n) is 16.8. The highest BCUT2D eigenvalue weighted by Gasteiger charge is 2.21. The Morgan fingerprint density at radius 2 is 1.50 bits per heavy atom. The van der Waals surface area contributed by atoms with Gasteiger partial charge in [0, 0.05) is 0 Å². The molecule has 2 rings (SSSR count). The first-order valence-corrected chi connectivity index (χ1v) is 12.9. The molecule has 0 spiro atoms. The lowest BCUT2D eigenvalue weighted by Crippen LogP contribution is -2.27. The second kappa shape index (κ2) is 9.70. The van der Waals surface area contributed by atoms with Crippen molar-refractivity contribution in [2.75, 3.05) is 0 Å². The average Bonchev–Trinajstić information content (AvgIpc) is 2.59. The van der Waals surface area contributed by atoms with Crippen molar-refractivity contribution in [3.05, 3.63) is 89.5 Å². The molecular formula is C24H32OSi. The first-order chi connectivity index (χ1) is 12.3. The summed E-state index contributed by atoms with van der Waals surface area (Å²) in [5, 5.41) is 0. The monoisotopic (exact) mass is 364 g/mol. The maximum absolute atomic E-state index is 6.52. The van der Waals surface area contributed by atoms with Crippen LogP contribution in [0.2, 0.25) is 19.6 Å². The highest BCUT2D eigenvalue weighted by atomic mass is 28.4. The number of rotatable bonds is 8. The van der Waals surface area contributed by atoms with Gasteiger partial charge in [0.2, 0.25) is 0 Å². The van der Waals surface area contributed by atoms with Gasteiger partial charge in [-0.3, -0.25) is 0 Å². The topological polar surface area (TPSA) is 9.23 Å². The van der Waals surface area contributed by atoms with Crippen LogP contribution >= 0.6 is 0 Å². The Hall–Kier alpha value is -1.90. The van der Waals surface area contributed by atoms with Gasteiger partial charge in [-0.2, -0.15) is 0 Å². The van der Waals surface area contributed by atoms with E-state index in [4.69, 9.17) is 4.43 Å². The predicted molar refractivity (Wildman–Crippen MR) is 117 cm³/mol. The van der Waals surface area contributed by atoms with E-state index in [9.17, 15) is 0 Å². The zero-order chi connectivity index (χ0) is 19.0. The molecule has 2 aromatic rings. The molecule has 0 aliphatic heterocycles. The van der Waals surface area contributed by atoms with Crippen molar-refractivity contribution >= 4 is 14.4 Å². The molecule has 138 valence electrons. The van der Waals surface area contributed by atoms with Crippen LogP contribution in [-0.2, 0) is 4.43 Å². The van der Waals surface area contributed by atoms with E-state index < -0.39 is 8.32 Å². The average molecular weight is 365 g/mol. The van der Waals surface area contributed by atoms with Gasteiger partial charge in [-0.25, -0.2) is 0 Å². The van der Waals surface area contributed by atoms with Crippen molar-refractivity contribution in [3.8, 4) is 0 Å². The van der Waals surface area contributed by atoms with E-state index in [2.05, 4.69) is 112 Å². The third-order valence-corrected chi connectivity index (χ3v) is 4.87. The van der Waals surface area contributed by atoms with Crippen LogP contribution in [-0.4, -0.2) is 8.32 Å². The fourth-order valence-electron chi connectivity index (χ4n) is 2.85. The summed E-state index contributed by atoms with van der Waals surface area (Å²) in [6, 6.07) is 21.0. The van der Waals surface area contributed by atoms with E-state index >= 15 is 0 Å². The summed E-state index contributed by atoms with van der Waals surface area (Å²) in [6.45, 7) is 11.3. The summed E-state index contributed by atoms with van der Waals surface area (Å²) in [5.41, 5.74) is 3.78. The molecule has 26 heavy (non-hydrogen) atoms. The van der Waals surface area contributed by atoms with Crippen molar-refractivity contribution < 1.29 is 4.43 Å². The van der Waals surface area contributed by atoms with Crippen LogP contribution in [0.15, 0.2) is 78.4 Å². The molecule has 0 saturated carbocycles. The molecule has 0 amide bonds. The molecule has 0 aromatic heterocycles. The smallest absolute Gasteiger partial charge is 0.185 e. The molecule has 0 aliphatic rings. The van der Waals surface area contributed by atoms with Crippen molar-refractivity contribution in [3.63, 3.8) is 0 Å². The lowest BCUT2D eigenvalue weighted by molar-refractivity contribution is 0.247. The molecule has 0 N–H and O–H groups in total. The van der Waals surface area contributed by atoms with E-state index in [0.29, 0.717) is 5.92 Å². The number of benzene rings is 2. The lowest BCUT2D eigenvalue weighted by Gasteiger charge is -2.25. The van der Waals surface area contributed by atoms with Gasteiger partial charge in [0.1, 0.15) is 0 Å². The Bertz CT molecular complexity index is 709. The third kappa shape index (κ3) is 7.55. The van der Waals surface area contributed by atoms with Crippen molar-refractivity contribution in [2.45, 2.75) is 46.0 Å². The zero-order valence-corrected chi connectivity index (χ0v) is 17.8. The molecule has 1 unspecified atom stereocenters. The molecular weight excluding hydrogens is 332 g/mol. The molecule has 2 aromatic carbocycles. The maximum atomic E-state index is 6.52. The van der Waals surface area contributed by atoms with Crippen molar-refractivity contribution in [2.24, 2.45) is 5.92 Å². The molecule has 0 radical (unpaired) electrons. The van der Waals surface area contributed by atoms with E-state index in [1.165, 1.54) is 16.7 Å². The molecule has 0 fully saturated rings. The van der Waals surface area contributed by atoms with Crippen molar-refractivity contribution in [1.82, 2.24) is 0 Å². The van der Waals surface area contributed by atoms with Crippen LogP contribution in [0.4, 0.5) is 0 Å². The molecule has 1 atom stereocenters. The summed E-state index contributed by atoms with van der Waals surface area (Å²) in [6.07, 6.45) is 7.82. The maximum Gasteiger partial charge on any atom is 0.185 e. The Morgan fingerprint density at radius 3 is 2.04 bits per heavy atom. The molecule has 0 heterocycles. The second-order valence-electron chi connectivity index (χ2n) is 8.15. The van der Waals surface area contributed by atoms with Gasteiger partial charge in [-0.1, -0.05) is 86.7 Å². The Morgan fingerprint density at radius 1 is 0.923 bits per heavy atom. The molecule has 1 nitrogen and oxygen atoms in total. The lowest BCUT2D eigenvalue weighted by atomic mass is 9.98. The Kier molecular flexibility index (Phi) is 7.61. The number of allylic oxidation sites excluding steroid dienone is 2. The van der Waals surface area contributed by atoms with Crippen LogP contribution < -0.4 is 0 Å². The van der Waals surface area contributed by atoms with E-state index in [1.807, 2.05) is 0 Å². The largest absolute Gasteiger partial charge is 0.407 e. The van der Waals surface area contributed by atoms with Crippen LogP contribution in [0.25, 0.3) is 6.08 Å². The van der Waals surface area contributed by atoms with Gasteiger partial charge in [-0.15, -0.1) is 0 Å². The minimum absolute atomic E-state index is 0.0111. The number of hydrogen-bond donors (Lipinski definition) is 0. The fraction of sp³-hybridized carbons (Fsp3) is 0.333. The predicted octanol–water partition coefficient (Wildman–Crippen LogP) is 7.27. The number of hydrogen-bond acceptors (Lipinski definition) is 1. The quantitative estimate of drug-likeness (QED) is 0.353. The summed E-state index contributed by atoms with van der Waals surface area (Å²) in [4.78, 5) is 0. The Labute approximate surface area is 160 Å². The molecule has 2 heteroatoms. The van der Waals surface area contributed by atoms with Crippen LogP contribution in [0.5, 0.6) is 0 Å². The minimum Gasteiger partial charge on any atom is -0.407 e. The summed E-state index contributed by atoms with van der Waals surface area (Å²) in [5.74, 6) is 0.602. The summed E-state index contributed by atoms with van der Waals surface area (Å²) < 4.78 is 6.52. The third-order valence-electron chi connectivity index (χ3n) is 3.91. The summed E-state index contributed by atoms with van der Waals surface area (Å²) >= 11 is 0. The highest BCUT2D eigenvalue weighted by Crippen LogP contribution is 2.27. The van der Waals surface area contributed by atoms with Gasteiger partial charge < -0.3 is 4.43 Å². The van der Waals surface area contributed by atoms with Gasteiger partial charge in [0.05, 0.1) is 6.10 Å². The van der Waals surface area contributed by atoms with Gasteiger partial charge in [0.15, 0.2) is 8.32 Å². The van der Waals surface area contributed by atoms with E-state index in [-0.39, 0.29) is 6.10 Å². The molecule has 0 saturated heterocycles. The van der Waals surface area contributed by atoms with E-state index in [0.717, 1.165) is 6.42 Å². The second-order valence-corrected chi connectivity index (χ2v) is 12.6. The van der Waals surface area contributed by atoms with Crippen LogP contribution in [0.3, 0.4) is 0 Å². The van der Waals surface area contributed by atoms with Crippen molar-refractivity contribution in [1.29, 1.82) is 0 Å². The first-order valence-electron chi connectivity index (χ1n) is 9.50. The minimum atomic E-state index is -1.67. The summed E-state index contributed by atoms with van der Waals surface area (Å²) in [7, 11) is -1.67. The molecule has 0 aliphatic carbocycles. The van der Waals surface area contributed by atoms with Gasteiger partial charge in [0.25, 0.3) is 0 Å². The highest BCUT2D eigenvalue weighted by molar-refractivity contribution is 6.69. The van der Waals surface area contributed by atoms with Crippen LogP contribution in [0, 0.1) is 5.92 Å². The normalized spacial score (nSPS) is 14.2. The standard InChI is InChI=1S/C24H32OSi/c1-20(2)18-22(17-16-21-12-8-6-9-13-21)19-24(25-26(3,4)5)23-14-10-7-11-15-23/h6-17,19-20,24H,18H2,1-5H3/b17-16+,22-19+. The van der Waals surface area contributed by atoms with Gasteiger partial charge >= 0.3 is 0 Å². The van der Waals surface area contributed by atoms with Crippen LogP contribution in [0.1, 0.15) is 37.5 Å².